The van der Waals surface area contributed by atoms with Crippen LogP contribution in [0.1, 0.15) is 49.4 Å². The largest absolute Gasteiger partial charge is 0.478 e. The standard InChI is InChI=1S/C15H20N4O2/c1-2-19-14-11(9-17-19)13(12(8-16-14)15(20)21)18-10-6-4-3-5-7-10/h8-10H,2-7H2,1H3,(H,16,18)(H,20,21). The summed E-state index contributed by atoms with van der Waals surface area (Å²) in [5.74, 6) is -0.952. The molecule has 2 aromatic heterocycles. The molecule has 2 aromatic rings. The molecule has 1 saturated carbocycles. The van der Waals surface area contributed by atoms with Crippen LogP contribution in [0.3, 0.4) is 0 Å². The number of aromatic nitrogens is 3. The Morgan fingerprint density at radius 3 is 2.81 bits per heavy atom. The first kappa shape index (κ1) is 13.9. The monoisotopic (exact) mass is 288 g/mol. The molecule has 3 rings (SSSR count). The predicted octanol–water partition coefficient (Wildman–Crippen LogP) is 2.89. The minimum absolute atomic E-state index is 0.226. The molecule has 2 N–H and O–H groups in total. The summed E-state index contributed by atoms with van der Waals surface area (Å²) in [5, 5.41) is 17.9. The molecule has 0 amide bonds. The normalized spacial score (nSPS) is 16.2. The number of carbonyl (C=O) groups is 1. The van der Waals surface area contributed by atoms with E-state index in [1.165, 1.54) is 25.5 Å². The number of aryl methyl sites for hydroxylation is 1. The van der Waals surface area contributed by atoms with Crippen molar-refractivity contribution in [2.24, 2.45) is 0 Å². The number of nitrogens with zero attached hydrogens (tertiary/aromatic N) is 3. The zero-order valence-electron chi connectivity index (χ0n) is 12.2. The van der Waals surface area contributed by atoms with Gasteiger partial charge in [0.15, 0.2) is 5.65 Å². The fourth-order valence-electron chi connectivity index (χ4n) is 3.03. The molecule has 6 nitrogen and oxygen atoms in total. The quantitative estimate of drug-likeness (QED) is 0.904. The maximum absolute atomic E-state index is 11.5. The first-order chi connectivity index (χ1) is 10.2. The zero-order valence-corrected chi connectivity index (χ0v) is 12.2. The van der Waals surface area contributed by atoms with Crippen molar-refractivity contribution in [1.29, 1.82) is 0 Å². The van der Waals surface area contributed by atoms with E-state index in [0.717, 1.165) is 23.9 Å². The van der Waals surface area contributed by atoms with E-state index in [4.69, 9.17) is 0 Å². The number of aromatic carboxylic acids is 1. The second-order valence-electron chi connectivity index (χ2n) is 5.53. The van der Waals surface area contributed by atoms with Crippen molar-refractivity contribution < 1.29 is 9.90 Å². The number of anilines is 1. The fourth-order valence-corrected chi connectivity index (χ4v) is 3.03. The lowest BCUT2D eigenvalue weighted by atomic mass is 9.95. The van der Waals surface area contributed by atoms with Crippen molar-refractivity contribution in [3.63, 3.8) is 0 Å². The maximum atomic E-state index is 11.5. The molecule has 1 aliphatic carbocycles. The van der Waals surface area contributed by atoms with Crippen LogP contribution in [0.5, 0.6) is 0 Å². The lowest BCUT2D eigenvalue weighted by molar-refractivity contribution is 0.0697. The Morgan fingerprint density at radius 1 is 1.38 bits per heavy atom. The van der Waals surface area contributed by atoms with Crippen LogP contribution in [0.25, 0.3) is 11.0 Å². The van der Waals surface area contributed by atoms with E-state index < -0.39 is 5.97 Å². The summed E-state index contributed by atoms with van der Waals surface area (Å²) in [4.78, 5) is 15.7. The minimum Gasteiger partial charge on any atom is -0.478 e. The molecule has 2 heterocycles. The molecule has 0 saturated heterocycles. The van der Waals surface area contributed by atoms with Crippen molar-refractivity contribution in [2.75, 3.05) is 5.32 Å². The van der Waals surface area contributed by atoms with Crippen LogP contribution in [-0.2, 0) is 6.54 Å². The highest BCUT2D eigenvalue weighted by molar-refractivity contribution is 6.03. The van der Waals surface area contributed by atoms with E-state index >= 15 is 0 Å². The summed E-state index contributed by atoms with van der Waals surface area (Å²) < 4.78 is 1.78. The summed E-state index contributed by atoms with van der Waals surface area (Å²) >= 11 is 0. The zero-order chi connectivity index (χ0) is 14.8. The number of rotatable bonds is 4. The third-order valence-electron chi connectivity index (χ3n) is 4.15. The van der Waals surface area contributed by atoms with E-state index in [1.807, 2.05) is 6.92 Å². The van der Waals surface area contributed by atoms with Gasteiger partial charge in [-0.25, -0.2) is 14.5 Å². The van der Waals surface area contributed by atoms with Crippen LogP contribution in [0.15, 0.2) is 12.4 Å². The highest BCUT2D eigenvalue weighted by atomic mass is 16.4. The Kier molecular flexibility index (Phi) is 3.77. The second-order valence-corrected chi connectivity index (χ2v) is 5.53. The number of hydrogen-bond acceptors (Lipinski definition) is 4. The van der Waals surface area contributed by atoms with Crippen LogP contribution in [0, 0.1) is 0 Å². The molecule has 1 aliphatic rings. The van der Waals surface area contributed by atoms with Gasteiger partial charge < -0.3 is 10.4 Å². The van der Waals surface area contributed by atoms with Gasteiger partial charge in [-0.2, -0.15) is 5.10 Å². The maximum Gasteiger partial charge on any atom is 0.339 e. The van der Waals surface area contributed by atoms with Crippen LogP contribution in [0.4, 0.5) is 5.69 Å². The summed E-state index contributed by atoms with van der Waals surface area (Å²) in [6, 6.07) is 0.340. The average molecular weight is 288 g/mol. The van der Waals surface area contributed by atoms with Gasteiger partial charge in [0.2, 0.25) is 0 Å². The van der Waals surface area contributed by atoms with Gasteiger partial charge in [0, 0.05) is 18.8 Å². The van der Waals surface area contributed by atoms with Crippen LogP contribution in [-0.4, -0.2) is 31.9 Å². The lowest BCUT2D eigenvalue weighted by Gasteiger charge is -2.24. The predicted molar refractivity (Wildman–Crippen MR) is 80.7 cm³/mol. The summed E-state index contributed by atoms with van der Waals surface area (Å²) in [5.41, 5.74) is 1.63. The average Bonchev–Trinajstić information content (AvgIpc) is 2.92. The van der Waals surface area contributed by atoms with Gasteiger partial charge in [0.25, 0.3) is 0 Å². The topological polar surface area (TPSA) is 80.0 Å². The third kappa shape index (κ3) is 2.57. The summed E-state index contributed by atoms with van der Waals surface area (Å²) in [7, 11) is 0. The molecule has 1 fully saturated rings. The third-order valence-corrected chi connectivity index (χ3v) is 4.15. The molecular weight excluding hydrogens is 268 g/mol. The lowest BCUT2D eigenvalue weighted by Crippen LogP contribution is -2.23. The van der Waals surface area contributed by atoms with E-state index in [-0.39, 0.29) is 5.56 Å². The second kappa shape index (κ2) is 5.71. The van der Waals surface area contributed by atoms with Gasteiger partial charge in [-0.3, -0.25) is 0 Å². The van der Waals surface area contributed by atoms with E-state index in [0.29, 0.717) is 18.3 Å². The van der Waals surface area contributed by atoms with E-state index in [9.17, 15) is 9.90 Å². The highest BCUT2D eigenvalue weighted by Gasteiger charge is 2.21. The molecule has 0 aromatic carbocycles. The van der Waals surface area contributed by atoms with Crippen molar-refractivity contribution in [3.05, 3.63) is 18.0 Å². The van der Waals surface area contributed by atoms with Gasteiger partial charge >= 0.3 is 5.97 Å². The number of pyridine rings is 1. The number of nitrogens with one attached hydrogen (secondary N) is 1. The van der Waals surface area contributed by atoms with Gasteiger partial charge in [0.1, 0.15) is 5.56 Å². The van der Waals surface area contributed by atoms with Gasteiger partial charge in [-0.1, -0.05) is 19.3 Å². The molecule has 0 bridgehead atoms. The van der Waals surface area contributed by atoms with Crippen molar-refractivity contribution in [2.45, 2.75) is 51.6 Å². The molecule has 0 atom stereocenters. The molecule has 0 radical (unpaired) electrons. The molecule has 112 valence electrons. The highest BCUT2D eigenvalue weighted by Crippen LogP contribution is 2.29. The first-order valence-corrected chi connectivity index (χ1v) is 7.55. The number of hydrogen-bond donors (Lipinski definition) is 2. The molecular formula is C15H20N4O2. The van der Waals surface area contributed by atoms with E-state index in [2.05, 4.69) is 15.4 Å². The van der Waals surface area contributed by atoms with Crippen LogP contribution in [0.2, 0.25) is 0 Å². The van der Waals surface area contributed by atoms with Gasteiger partial charge in [-0.05, 0) is 19.8 Å². The molecule has 0 spiro atoms. The smallest absolute Gasteiger partial charge is 0.339 e. The SMILES string of the molecule is CCn1ncc2c(NC3CCCCC3)c(C(=O)O)cnc21. The van der Waals surface area contributed by atoms with Crippen molar-refractivity contribution in [3.8, 4) is 0 Å². The Hall–Kier alpha value is -2.11. The summed E-state index contributed by atoms with van der Waals surface area (Å²) in [6.45, 7) is 2.71. The van der Waals surface area contributed by atoms with Crippen molar-refractivity contribution >= 4 is 22.7 Å². The van der Waals surface area contributed by atoms with Crippen LogP contribution >= 0.6 is 0 Å². The molecule has 6 heteroatoms. The number of fused-ring (bicyclic) bond motifs is 1. The summed E-state index contributed by atoms with van der Waals surface area (Å²) in [6.07, 6.45) is 8.98. The Labute approximate surface area is 123 Å². The van der Waals surface area contributed by atoms with Gasteiger partial charge in [-0.15, -0.1) is 0 Å². The van der Waals surface area contributed by atoms with E-state index in [1.54, 1.807) is 10.9 Å². The van der Waals surface area contributed by atoms with Crippen molar-refractivity contribution in [1.82, 2.24) is 14.8 Å². The van der Waals surface area contributed by atoms with Crippen LogP contribution < -0.4 is 5.32 Å². The first-order valence-electron chi connectivity index (χ1n) is 7.55. The Morgan fingerprint density at radius 2 is 2.14 bits per heavy atom. The molecule has 0 aliphatic heterocycles. The Bertz CT molecular complexity index is 659. The fraction of sp³-hybridized carbons (Fsp3) is 0.533. The molecule has 21 heavy (non-hydrogen) atoms. The minimum atomic E-state index is -0.952. The van der Waals surface area contributed by atoms with Gasteiger partial charge in [0.05, 0.1) is 17.3 Å². The number of carboxylic acids is 1. The molecule has 0 unspecified atom stereocenters. The Balaban J connectivity index is 2.05. The number of carboxylic acid groups (broad SMARTS) is 1.